The Balaban J connectivity index is 0.000000316. The minimum atomic E-state index is -0.407. The molecule has 3 aromatic carbocycles. The van der Waals surface area contributed by atoms with E-state index in [1.807, 2.05) is 50.4 Å². The van der Waals surface area contributed by atoms with Gasteiger partial charge in [-0.15, -0.1) is 0 Å². The van der Waals surface area contributed by atoms with Gasteiger partial charge in [0.05, 0.1) is 0 Å². The Morgan fingerprint density at radius 2 is 1.32 bits per heavy atom. The fourth-order valence-electron chi connectivity index (χ4n) is 2.73. The van der Waals surface area contributed by atoms with Gasteiger partial charge >= 0.3 is 0 Å². The Morgan fingerprint density at radius 1 is 0.839 bits per heavy atom. The zero-order valence-electron chi connectivity index (χ0n) is 17.8. The Bertz CT molecular complexity index is 987. The molecular weight excluding hydrogens is 408 g/mol. The van der Waals surface area contributed by atoms with Crippen LogP contribution in [0.5, 0.6) is 0 Å². The van der Waals surface area contributed by atoms with Crippen LogP contribution >= 0.6 is 11.6 Å². The summed E-state index contributed by atoms with van der Waals surface area (Å²) < 4.78 is 0. The number of carbonyl (C=O) groups excluding carboxylic acids is 2. The van der Waals surface area contributed by atoms with Gasteiger partial charge in [-0.05, 0) is 41.8 Å². The summed E-state index contributed by atoms with van der Waals surface area (Å²) >= 11 is 5.16. The first kappa shape index (κ1) is 23.9. The number of rotatable bonds is 7. The first-order chi connectivity index (χ1) is 14.9. The molecule has 0 heterocycles. The lowest BCUT2D eigenvalue weighted by Crippen LogP contribution is -2.26. The van der Waals surface area contributed by atoms with Crippen molar-refractivity contribution < 1.29 is 9.59 Å². The molecule has 160 valence electrons. The van der Waals surface area contributed by atoms with Crippen molar-refractivity contribution in [1.82, 2.24) is 10.2 Å². The van der Waals surface area contributed by atoms with E-state index >= 15 is 0 Å². The molecule has 0 aromatic heterocycles. The van der Waals surface area contributed by atoms with Gasteiger partial charge in [-0.25, -0.2) is 0 Å². The largest absolute Gasteiger partial charge is 0.385 e. The third kappa shape index (κ3) is 8.49. The van der Waals surface area contributed by atoms with Crippen LogP contribution < -0.4 is 5.32 Å². The van der Waals surface area contributed by atoms with E-state index in [9.17, 15) is 9.59 Å². The van der Waals surface area contributed by atoms with Crippen molar-refractivity contribution >= 4 is 22.8 Å². The lowest BCUT2D eigenvalue weighted by Gasteiger charge is -2.17. The quantitative estimate of drug-likeness (QED) is 0.489. The average molecular weight is 435 g/mol. The van der Waals surface area contributed by atoms with E-state index in [1.54, 1.807) is 29.2 Å². The van der Waals surface area contributed by atoms with E-state index in [0.717, 1.165) is 17.8 Å². The second-order valence-electron chi connectivity index (χ2n) is 7.12. The fourth-order valence-corrected chi connectivity index (χ4v) is 2.86. The summed E-state index contributed by atoms with van der Waals surface area (Å²) in [6.07, 6.45) is 0. The lowest BCUT2D eigenvalue weighted by atomic mass is 10.1. The highest BCUT2D eigenvalue weighted by Crippen LogP contribution is 2.10. The molecule has 1 amide bonds. The molecule has 0 aliphatic carbocycles. The van der Waals surface area contributed by atoms with Gasteiger partial charge in [0, 0.05) is 37.0 Å². The molecular formula is C26H27ClN2O2. The minimum absolute atomic E-state index is 0.0358. The van der Waals surface area contributed by atoms with Crippen molar-refractivity contribution in [2.75, 3.05) is 7.05 Å². The van der Waals surface area contributed by atoms with Crippen molar-refractivity contribution in [2.45, 2.75) is 20.0 Å². The predicted molar refractivity (Wildman–Crippen MR) is 127 cm³/mol. The number of amides is 1. The second-order valence-corrected chi connectivity index (χ2v) is 7.46. The molecule has 1 N–H and O–H groups in total. The maximum atomic E-state index is 12.3. The molecule has 0 saturated heterocycles. The number of benzene rings is 3. The molecule has 3 aromatic rings. The first-order valence-electron chi connectivity index (χ1n) is 9.89. The van der Waals surface area contributed by atoms with Gasteiger partial charge in [-0.1, -0.05) is 79.4 Å². The SMILES string of the molecule is C=C(C)NCc1ccc(CN(C)C(=O)c2ccccc2)cc1.O=C(Cl)c1ccccc1. The number of hydrogen-bond donors (Lipinski definition) is 1. The predicted octanol–water partition coefficient (Wildman–Crippen LogP) is 5.65. The molecule has 31 heavy (non-hydrogen) atoms. The summed E-state index contributed by atoms with van der Waals surface area (Å²) in [4.78, 5) is 24.4. The fraction of sp³-hybridized carbons (Fsp3) is 0.154. The highest BCUT2D eigenvalue weighted by molar-refractivity contribution is 6.67. The highest BCUT2D eigenvalue weighted by atomic mass is 35.5. The molecule has 0 aliphatic heterocycles. The van der Waals surface area contributed by atoms with Gasteiger partial charge in [0.1, 0.15) is 0 Å². The van der Waals surface area contributed by atoms with Crippen LogP contribution in [0.15, 0.2) is 97.2 Å². The normalized spacial score (nSPS) is 9.77. The van der Waals surface area contributed by atoms with Crippen molar-refractivity contribution in [3.8, 4) is 0 Å². The summed E-state index contributed by atoms with van der Waals surface area (Å²) in [5.41, 5.74) is 4.53. The van der Waals surface area contributed by atoms with E-state index in [4.69, 9.17) is 11.6 Å². The standard InChI is InChI=1S/C19H22N2O.C7H5ClO/c1-15(2)20-13-16-9-11-17(12-10-16)14-21(3)19(22)18-7-5-4-6-8-18;8-7(9)6-4-2-1-3-5-6/h4-12,20H,1,13-14H2,2-3H3;1-5H. The van der Waals surface area contributed by atoms with E-state index in [2.05, 4.69) is 36.2 Å². The molecule has 0 aliphatic rings. The third-order valence-electron chi connectivity index (χ3n) is 4.41. The number of carbonyl (C=O) groups is 2. The summed E-state index contributed by atoms with van der Waals surface area (Å²) in [7, 11) is 1.83. The molecule has 0 unspecified atom stereocenters. The van der Waals surface area contributed by atoms with Crippen molar-refractivity contribution in [3.05, 3.63) is 119 Å². The van der Waals surface area contributed by atoms with Gasteiger partial charge in [0.2, 0.25) is 0 Å². The van der Waals surface area contributed by atoms with Crippen LogP contribution in [0.3, 0.4) is 0 Å². The van der Waals surface area contributed by atoms with Gasteiger partial charge in [0.25, 0.3) is 11.1 Å². The number of nitrogens with zero attached hydrogens (tertiary/aromatic N) is 1. The molecule has 0 bridgehead atoms. The van der Waals surface area contributed by atoms with Crippen LogP contribution in [0.2, 0.25) is 0 Å². The van der Waals surface area contributed by atoms with E-state index in [-0.39, 0.29) is 5.91 Å². The summed E-state index contributed by atoms with van der Waals surface area (Å²) in [5.74, 6) is 0.0358. The molecule has 5 heteroatoms. The molecule has 0 radical (unpaired) electrons. The zero-order valence-corrected chi connectivity index (χ0v) is 18.6. The Hall–Kier alpha value is -3.37. The number of halogens is 1. The van der Waals surface area contributed by atoms with Gasteiger partial charge in [0.15, 0.2) is 0 Å². The lowest BCUT2D eigenvalue weighted by molar-refractivity contribution is 0.0785. The number of hydrogen-bond acceptors (Lipinski definition) is 3. The van der Waals surface area contributed by atoms with Crippen LogP contribution in [-0.4, -0.2) is 23.1 Å². The summed E-state index contributed by atoms with van der Waals surface area (Å²) in [6, 6.07) is 26.4. The van der Waals surface area contributed by atoms with Crippen LogP contribution in [-0.2, 0) is 13.1 Å². The van der Waals surface area contributed by atoms with Gasteiger partial charge in [-0.2, -0.15) is 0 Å². The van der Waals surface area contributed by atoms with Crippen molar-refractivity contribution in [3.63, 3.8) is 0 Å². The monoisotopic (exact) mass is 434 g/mol. The van der Waals surface area contributed by atoms with E-state index < -0.39 is 5.24 Å². The molecule has 0 spiro atoms. The van der Waals surface area contributed by atoms with Crippen molar-refractivity contribution in [2.24, 2.45) is 0 Å². The molecule has 0 atom stereocenters. The topological polar surface area (TPSA) is 49.4 Å². The Kier molecular flexibility index (Phi) is 9.53. The Morgan fingerprint density at radius 3 is 1.77 bits per heavy atom. The molecule has 3 rings (SSSR count). The molecule has 4 nitrogen and oxygen atoms in total. The maximum absolute atomic E-state index is 12.3. The van der Waals surface area contributed by atoms with Crippen LogP contribution in [0.1, 0.15) is 38.8 Å². The van der Waals surface area contributed by atoms with Crippen LogP contribution in [0.4, 0.5) is 0 Å². The van der Waals surface area contributed by atoms with Gasteiger partial charge in [-0.3, -0.25) is 9.59 Å². The summed E-state index contributed by atoms with van der Waals surface area (Å²) in [5, 5.41) is 2.80. The van der Waals surface area contributed by atoms with Crippen LogP contribution in [0.25, 0.3) is 0 Å². The Labute approximate surface area is 189 Å². The molecule has 0 fully saturated rings. The average Bonchev–Trinajstić information content (AvgIpc) is 2.79. The van der Waals surface area contributed by atoms with Crippen molar-refractivity contribution in [1.29, 1.82) is 0 Å². The number of nitrogens with one attached hydrogen (secondary N) is 1. The second kappa shape index (κ2) is 12.4. The highest BCUT2D eigenvalue weighted by Gasteiger charge is 2.11. The smallest absolute Gasteiger partial charge is 0.253 e. The first-order valence-corrected chi connectivity index (χ1v) is 10.3. The van der Waals surface area contributed by atoms with Gasteiger partial charge < -0.3 is 10.2 Å². The third-order valence-corrected chi connectivity index (χ3v) is 4.62. The summed E-state index contributed by atoms with van der Waals surface area (Å²) in [6.45, 7) is 7.13. The van der Waals surface area contributed by atoms with E-state index in [1.165, 1.54) is 5.56 Å². The minimum Gasteiger partial charge on any atom is -0.385 e. The number of allylic oxidation sites excluding steroid dienone is 1. The maximum Gasteiger partial charge on any atom is 0.253 e. The van der Waals surface area contributed by atoms with E-state index in [0.29, 0.717) is 17.7 Å². The molecule has 0 saturated carbocycles. The van der Waals surface area contributed by atoms with Crippen LogP contribution in [0, 0.1) is 0 Å². The zero-order chi connectivity index (χ0) is 22.6.